The highest BCUT2D eigenvalue weighted by molar-refractivity contribution is 5.92. The molecule has 6 heteroatoms. The van der Waals surface area contributed by atoms with Gasteiger partial charge in [-0.05, 0) is 37.2 Å². The van der Waals surface area contributed by atoms with Crippen LogP contribution in [0.25, 0.3) is 0 Å². The molecule has 1 aliphatic rings. The van der Waals surface area contributed by atoms with Gasteiger partial charge in [0.2, 0.25) is 11.8 Å². The fraction of sp³-hybridized carbons (Fsp3) is 0.429. The highest BCUT2D eigenvalue weighted by Crippen LogP contribution is 2.12. The Bertz CT molecular complexity index is 467. The van der Waals surface area contributed by atoms with Crippen molar-refractivity contribution in [3.63, 3.8) is 0 Å². The van der Waals surface area contributed by atoms with Crippen molar-refractivity contribution in [3.8, 4) is 5.75 Å². The maximum absolute atomic E-state index is 11.7. The fourth-order valence-electron chi connectivity index (χ4n) is 2.05. The number of carbonyl (C=O) groups is 2. The minimum Gasteiger partial charge on any atom is -0.493 e. The van der Waals surface area contributed by atoms with Gasteiger partial charge in [0.1, 0.15) is 5.75 Å². The zero-order chi connectivity index (χ0) is 14.4. The zero-order valence-electron chi connectivity index (χ0n) is 11.2. The van der Waals surface area contributed by atoms with Crippen LogP contribution in [0.1, 0.15) is 23.2 Å². The lowest BCUT2D eigenvalue weighted by Crippen LogP contribution is -2.36. The van der Waals surface area contributed by atoms with E-state index >= 15 is 0 Å². The monoisotopic (exact) mass is 277 g/mol. The Labute approximate surface area is 117 Å². The number of rotatable bonds is 6. The van der Waals surface area contributed by atoms with Gasteiger partial charge < -0.3 is 21.1 Å². The van der Waals surface area contributed by atoms with Crippen LogP contribution in [-0.4, -0.2) is 37.6 Å². The first-order valence-corrected chi connectivity index (χ1v) is 6.68. The number of ether oxygens (including phenoxy) is 1. The highest BCUT2D eigenvalue weighted by Gasteiger charge is 2.16. The zero-order valence-corrected chi connectivity index (χ0v) is 11.2. The Balaban J connectivity index is 1.69. The Morgan fingerprint density at radius 3 is 2.70 bits per heavy atom. The number of carbonyl (C=O) groups excluding carboxylic acids is 2. The van der Waals surface area contributed by atoms with Crippen molar-refractivity contribution in [1.82, 2.24) is 10.6 Å². The average Bonchev–Trinajstić information content (AvgIpc) is 2.92. The molecule has 1 fully saturated rings. The van der Waals surface area contributed by atoms with Gasteiger partial charge >= 0.3 is 0 Å². The molecular weight excluding hydrogens is 258 g/mol. The average molecular weight is 277 g/mol. The van der Waals surface area contributed by atoms with E-state index in [1.54, 1.807) is 24.3 Å². The van der Waals surface area contributed by atoms with Crippen LogP contribution in [0, 0.1) is 0 Å². The van der Waals surface area contributed by atoms with E-state index in [0.29, 0.717) is 24.3 Å². The summed E-state index contributed by atoms with van der Waals surface area (Å²) in [6.07, 6.45) is 1.29. The third kappa shape index (κ3) is 4.24. The van der Waals surface area contributed by atoms with Crippen LogP contribution in [-0.2, 0) is 4.79 Å². The summed E-state index contributed by atoms with van der Waals surface area (Å²) in [6.45, 7) is 2.09. The van der Waals surface area contributed by atoms with Crippen LogP contribution in [0.4, 0.5) is 0 Å². The standard InChI is InChI=1S/C14H19N3O3/c15-14(19)10-1-3-12(4-2-10)20-8-6-13(18)17-11-5-7-16-9-11/h1-4,11,16H,5-9H2,(H2,15,19)(H,17,18). The lowest BCUT2D eigenvalue weighted by atomic mass is 10.2. The van der Waals surface area contributed by atoms with E-state index < -0.39 is 5.91 Å². The molecule has 1 aromatic carbocycles. The molecule has 20 heavy (non-hydrogen) atoms. The van der Waals surface area contributed by atoms with Crippen molar-refractivity contribution >= 4 is 11.8 Å². The number of nitrogens with two attached hydrogens (primary N) is 1. The largest absolute Gasteiger partial charge is 0.493 e. The molecule has 1 atom stereocenters. The van der Waals surface area contributed by atoms with Crippen molar-refractivity contribution < 1.29 is 14.3 Å². The first-order valence-electron chi connectivity index (χ1n) is 6.68. The lowest BCUT2D eigenvalue weighted by Gasteiger charge is -2.11. The van der Waals surface area contributed by atoms with Crippen LogP contribution in [0.2, 0.25) is 0 Å². The van der Waals surface area contributed by atoms with Gasteiger partial charge in [-0.3, -0.25) is 9.59 Å². The van der Waals surface area contributed by atoms with Gasteiger partial charge in [-0.15, -0.1) is 0 Å². The summed E-state index contributed by atoms with van der Waals surface area (Å²) in [7, 11) is 0. The molecule has 0 aromatic heterocycles. The van der Waals surface area contributed by atoms with Crippen molar-refractivity contribution in [3.05, 3.63) is 29.8 Å². The van der Waals surface area contributed by atoms with Gasteiger partial charge in [0.15, 0.2) is 0 Å². The Hall–Kier alpha value is -2.08. The van der Waals surface area contributed by atoms with Crippen molar-refractivity contribution in [2.45, 2.75) is 18.9 Å². The third-order valence-corrected chi connectivity index (χ3v) is 3.16. The van der Waals surface area contributed by atoms with Crippen molar-refractivity contribution in [1.29, 1.82) is 0 Å². The summed E-state index contributed by atoms with van der Waals surface area (Å²) in [5.41, 5.74) is 5.58. The third-order valence-electron chi connectivity index (χ3n) is 3.16. The predicted molar refractivity (Wildman–Crippen MR) is 74.5 cm³/mol. The van der Waals surface area contributed by atoms with Gasteiger partial charge in [-0.1, -0.05) is 0 Å². The van der Waals surface area contributed by atoms with Crippen LogP contribution in [0.15, 0.2) is 24.3 Å². The molecule has 0 bridgehead atoms. The van der Waals surface area contributed by atoms with Gasteiger partial charge in [-0.2, -0.15) is 0 Å². The summed E-state index contributed by atoms with van der Waals surface area (Å²) in [5, 5.41) is 6.14. The van der Waals surface area contributed by atoms with Crippen molar-refractivity contribution in [2.75, 3.05) is 19.7 Å². The van der Waals surface area contributed by atoms with E-state index in [-0.39, 0.29) is 11.9 Å². The normalized spacial score (nSPS) is 17.7. The van der Waals surface area contributed by atoms with Gasteiger partial charge in [0.25, 0.3) is 0 Å². The Kier molecular flexibility index (Phi) is 4.95. The topological polar surface area (TPSA) is 93.5 Å². The van der Waals surface area contributed by atoms with E-state index in [0.717, 1.165) is 19.5 Å². The van der Waals surface area contributed by atoms with E-state index in [1.165, 1.54) is 0 Å². The number of benzene rings is 1. The van der Waals surface area contributed by atoms with E-state index in [2.05, 4.69) is 10.6 Å². The molecule has 6 nitrogen and oxygen atoms in total. The predicted octanol–water partition coefficient (Wildman–Crippen LogP) is 0.0325. The molecule has 2 rings (SSSR count). The lowest BCUT2D eigenvalue weighted by molar-refractivity contribution is -0.122. The Morgan fingerprint density at radius 2 is 2.10 bits per heavy atom. The fourth-order valence-corrected chi connectivity index (χ4v) is 2.05. The SMILES string of the molecule is NC(=O)c1ccc(OCCC(=O)NC2CCNC2)cc1. The van der Waals surface area contributed by atoms with Crippen LogP contribution >= 0.6 is 0 Å². The molecule has 4 N–H and O–H groups in total. The second-order valence-electron chi connectivity index (χ2n) is 4.74. The minimum atomic E-state index is -0.471. The minimum absolute atomic E-state index is 0.00699. The van der Waals surface area contributed by atoms with E-state index in [1.807, 2.05) is 0 Å². The maximum atomic E-state index is 11.7. The summed E-state index contributed by atoms with van der Waals surface area (Å²) in [6, 6.07) is 6.76. The van der Waals surface area contributed by atoms with E-state index in [9.17, 15) is 9.59 Å². The molecule has 1 heterocycles. The number of nitrogens with one attached hydrogen (secondary N) is 2. The molecule has 1 unspecified atom stereocenters. The molecule has 0 radical (unpaired) electrons. The second-order valence-corrected chi connectivity index (χ2v) is 4.74. The highest BCUT2D eigenvalue weighted by atomic mass is 16.5. The summed E-state index contributed by atoms with van der Waals surface area (Å²) < 4.78 is 5.45. The van der Waals surface area contributed by atoms with Gasteiger partial charge in [0.05, 0.1) is 13.0 Å². The van der Waals surface area contributed by atoms with Crippen LogP contribution < -0.4 is 21.1 Å². The molecule has 2 amide bonds. The summed E-state index contributed by atoms with van der Waals surface area (Å²) in [5.74, 6) is 0.138. The molecule has 1 aromatic rings. The quantitative estimate of drug-likeness (QED) is 0.684. The Morgan fingerprint density at radius 1 is 1.35 bits per heavy atom. The van der Waals surface area contributed by atoms with E-state index in [4.69, 9.17) is 10.5 Å². The molecule has 108 valence electrons. The second kappa shape index (κ2) is 6.91. The van der Waals surface area contributed by atoms with Crippen LogP contribution in [0.5, 0.6) is 5.75 Å². The first-order chi connectivity index (χ1) is 9.65. The van der Waals surface area contributed by atoms with Crippen LogP contribution in [0.3, 0.4) is 0 Å². The molecule has 1 saturated heterocycles. The molecule has 0 aliphatic carbocycles. The molecule has 0 saturated carbocycles. The van der Waals surface area contributed by atoms with Crippen molar-refractivity contribution in [2.24, 2.45) is 5.73 Å². The number of primary amides is 1. The molecule has 0 spiro atoms. The number of amides is 2. The summed E-state index contributed by atoms with van der Waals surface area (Å²) in [4.78, 5) is 22.6. The molecule has 1 aliphatic heterocycles. The van der Waals surface area contributed by atoms with Gasteiger partial charge in [-0.25, -0.2) is 0 Å². The number of hydrogen-bond donors (Lipinski definition) is 3. The van der Waals surface area contributed by atoms with Gasteiger partial charge in [0, 0.05) is 18.2 Å². The molecular formula is C14H19N3O3. The maximum Gasteiger partial charge on any atom is 0.248 e. The smallest absolute Gasteiger partial charge is 0.248 e. The summed E-state index contributed by atoms with van der Waals surface area (Å²) >= 11 is 0. The number of hydrogen-bond acceptors (Lipinski definition) is 4. The first kappa shape index (κ1) is 14.3.